The Morgan fingerprint density at radius 3 is 2.68 bits per heavy atom. The summed E-state index contributed by atoms with van der Waals surface area (Å²) in [6, 6.07) is 16.1. The molecule has 0 spiro atoms. The molecule has 0 unspecified atom stereocenters. The number of aromatic nitrogens is 3. The Labute approximate surface area is 200 Å². The van der Waals surface area contributed by atoms with Crippen LogP contribution in [0.25, 0.3) is 10.9 Å². The van der Waals surface area contributed by atoms with E-state index in [2.05, 4.69) is 20.3 Å². The van der Waals surface area contributed by atoms with Crippen LogP contribution >= 0.6 is 11.6 Å². The lowest BCUT2D eigenvalue weighted by Crippen LogP contribution is -2.16. The van der Waals surface area contributed by atoms with Crippen LogP contribution < -0.4 is 20.5 Å². The molecule has 4 rings (SSSR count). The van der Waals surface area contributed by atoms with Crippen LogP contribution in [-0.4, -0.2) is 41.2 Å². The summed E-state index contributed by atoms with van der Waals surface area (Å²) >= 11 is 6.42. The normalized spacial score (nSPS) is 10.8. The van der Waals surface area contributed by atoms with Gasteiger partial charge in [0.2, 0.25) is 5.82 Å². The number of anilines is 2. The van der Waals surface area contributed by atoms with Crippen LogP contribution in [0.5, 0.6) is 11.5 Å². The molecule has 0 aliphatic heterocycles. The summed E-state index contributed by atoms with van der Waals surface area (Å²) in [5.41, 5.74) is 7.38. The molecule has 174 valence electrons. The van der Waals surface area contributed by atoms with Crippen molar-refractivity contribution in [3.63, 3.8) is 0 Å². The minimum Gasteiger partial charge on any atom is -0.491 e. The van der Waals surface area contributed by atoms with E-state index in [1.54, 1.807) is 49.7 Å². The number of ether oxygens (including phenoxy) is 3. The molecular weight excluding hydrogens is 458 g/mol. The van der Waals surface area contributed by atoms with Crippen molar-refractivity contribution < 1.29 is 19.0 Å². The number of nitrogens with one attached hydrogen (secondary N) is 1. The lowest BCUT2D eigenvalue weighted by molar-refractivity contribution is 0.0991. The molecule has 4 aromatic rings. The topological polar surface area (TPSA) is 121 Å². The zero-order valence-electron chi connectivity index (χ0n) is 18.3. The Hall–Kier alpha value is -3.95. The number of amides is 1. The number of fused-ring (bicyclic) bond motifs is 1. The van der Waals surface area contributed by atoms with Gasteiger partial charge in [-0.05, 0) is 42.5 Å². The average molecular weight is 480 g/mol. The highest BCUT2D eigenvalue weighted by molar-refractivity contribution is 6.32. The highest BCUT2D eigenvalue weighted by Gasteiger charge is 2.14. The number of halogens is 1. The first kappa shape index (κ1) is 23.2. The predicted molar refractivity (Wildman–Crippen MR) is 129 cm³/mol. The van der Waals surface area contributed by atoms with Crippen LogP contribution in [0.15, 0.2) is 60.8 Å². The van der Waals surface area contributed by atoms with Gasteiger partial charge in [-0.25, -0.2) is 9.97 Å². The molecule has 0 saturated carbocycles. The fourth-order valence-corrected chi connectivity index (χ4v) is 3.35. The van der Waals surface area contributed by atoms with Gasteiger partial charge in [0.05, 0.1) is 22.8 Å². The number of pyridine rings is 1. The number of hydrogen-bond acceptors (Lipinski definition) is 8. The molecule has 9 nitrogen and oxygen atoms in total. The largest absolute Gasteiger partial charge is 0.491 e. The number of hydrogen-bond donors (Lipinski definition) is 2. The SMILES string of the molecule is COCCOc1ccc2c(Nc3ccc(OCc4ccccn4)c(Cl)c3)nc(C(N)=O)nc2c1. The Balaban J connectivity index is 1.57. The first-order valence-corrected chi connectivity index (χ1v) is 10.7. The Kier molecular flexibility index (Phi) is 7.36. The molecule has 3 N–H and O–H groups in total. The molecule has 0 fully saturated rings. The minimum atomic E-state index is -0.744. The first-order valence-electron chi connectivity index (χ1n) is 10.4. The molecule has 0 bridgehead atoms. The molecular formula is C24H22ClN5O4. The van der Waals surface area contributed by atoms with Crippen molar-refractivity contribution in [3.05, 3.63) is 77.3 Å². The van der Waals surface area contributed by atoms with E-state index >= 15 is 0 Å². The fourth-order valence-electron chi connectivity index (χ4n) is 3.12. The molecule has 10 heteroatoms. The number of methoxy groups -OCH3 is 1. The number of nitrogens with zero attached hydrogens (tertiary/aromatic N) is 3. The maximum Gasteiger partial charge on any atom is 0.286 e. The van der Waals surface area contributed by atoms with Gasteiger partial charge in [0.1, 0.15) is 30.5 Å². The van der Waals surface area contributed by atoms with Gasteiger partial charge in [-0.1, -0.05) is 17.7 Å². The van der Waals surface area contributed by atoms with Crippen molar-refractivity contribution in [3.8, 4) is 11.5 Å². The summed E-state index contributed by atoms with van der Waals surface area (Å²) in [7, 11) is 1.60. The highest BCUT2D eigenvalue weighted by Crippen LogP contribution is 2.32. The zero-order chi connectivity index (χ0) is 23.9. The number of primary amides is 1. The van der Waals surface area contributed by atoms with Crippen molar-refractivity contribution in [1.82, 2.24) is 15.0 Å². The number of carbonyl (C=O) groups excluding carboxylic acids is 1. The number of nitrogens with two attached hydrogens (primary N) is 1. The Morgan fingerprint density at radius 2 is 1.94 bits per heavy atom. The molecule has 2 aromatic carbocycles. The molecule has 0 radical (unpaired) electrons. The Bertz CT molecular complexity index is 1300. The third kappa shape index (κ3) is 5.69. The quantitative estimate of drug-likeness (QED) is 0.326. The van der Waals surface area contributed by atoms with Crippen LogP contribution in [0.4, 0.5) is 11.5 Å². The molecule has 0 aliphatic carbocycles. The monoisotopic (exact) mass is 479 g/mol. The van der Waals surface area contributed by atoms with Crippen LogP contribution in [0.3, 0.4) is 0 Å². The van der Waals surface area contributed by atoms with Gasteiger partial charge in [0.15, 0.2) is 0 Å². The molecule has 0 aliphatic rings. The maximum absolute atomic E-state index is 11.8. The van der Waals surface area contributed by atoms with Crippen LogP contribution in [-0.2, 0) is 11.3 Å². The summed E-state index contributed by atoms with van der Waals surface area (Å²) in [5, 5.41) is 4.27. The van der Waals surface area contributed by atoms with E-state index in [-0.39, 0.29) is 5.82 Å². The predicted octanol–water partition coefficient (Wildman–Crippen LogP) is 4.12. The van der Waals surface area contributed by atoms with E-state index in [0.29, 0.717) is 58.8 Å². The van der Waals surface area contributed by atoms with Crippen molar-refractivity contribution >= 4 is 39.9 Å². The number of rotatable bonds is 10. The van der Waals surface area contributed by atoms with Crippen molar-refractivity contribution in [2.24, 2.45) is 5.73 Å². The maximum atomic E-state index is 11.8. The van der Waals surface area contributed by atoms with Crippen molar-refractivity contribution in [2.45, 2.75) is 6.61 Å². The number of benzene rings is 2. The van der Waals surface area contributed by atoms with E-state index in [4.69, 9.17) is 31.5 Å². The van der Waals surface area contributed by atoms with Crippen LogP contribution in [0, 0.1) is 0 Å². The van der Waals surface area contributed by atoms with Gasteiger partial charge in [0.25, 0.3) is 5.91 Å². The van der Waals surface area contributed by atoms with Gasteiger partial charge in [-0.2, -0.15) is 0 Å². The average Bonchev–Trinajstić information content (AvgIpc) is 2.84. The minimum absolute atomic E-state index is 0.120. The Morgan fingerprint density at radius 1 is 1.06 bits per heavy atom. The van der Waals surface area contributed by atoms with Gasteiger partial charge in [0, 0.05) is 30.4 Å². The van der Waals surface area contributed by atoms with Crippen molar-refractivity contribution in [2.75, 3.05) is 25.6 Å². The van der Waals surface area contributed by atoms with Crippen molar-refractivity contribution in [1.29, 1.82) is 0 Å². The molecule has 0 saturated heterocycles. The zero-order valence-corrected chi connectivity index (χ0v) is 19.1. The second-order valence-corrected chi connectivity index (χ2v) is 7.57. The van der Waals surface area contributed by atoms with E-state index < -0.39 is 5.91 Å². The van der Waals surface area contributed by atoms with Crippen LogP contribution in [0.2, 0.25) is 5.02 Å². The second kappa shape index (κ2) is 10.8. The second-order valence-electron chi connectivity index (χ2n) is 7.16. The summed E-state index contributed by atoms with van der Waals surface area (Å²) in [5.74, 6) is 0.640. The standard InChI is InChI=1S/C24H22ClN5O4/c1-32-10-11-33-17-6-7-18-20(13-17)29-24(22(26)31)30-23(18)28-15-5-8-21(19(25)12-15)34-14-16-4-2-3-9-27-16/h2-9,12-13H,10-11,14H2,1H3,(H2,26,31)(H,28,29,30). The summed E-state index contributed by atoms with van der Waals surface area (Å²) in [6.07, 6.45) is 1.70. The van der Waals surface area contributed by atoms with E-state index in [9.17, 15) is 4.79 Å². The lowest BCUT2D eigenvalue weighted by atomic mass is 10.2. The molecule has 2 heterocycles. The molecule has 1 amide bonds. The van der Waals surface area contributed by atoms with Gasteiger partial charge >= 0.3 is 0 Å². The highest BCUT2D eigenvalue weighted by atomic mass is 35.5. The summed E-state index contributed by atoms with van der Waals surface area (Å²) in [4.78, 5) is 24.6. The van der Waals surface area contributed by atoms with E-state index in [0.717, 1.165) is 5.69 Å². The fraction of sp³-hybridized carbons (Fsp3) is 0.167. The third-order valence-electron chi connectivity index (χ3n) is 4.74. The van der Waals surface area contributed by atoms with Crippen LogP contribution in [0.1, 0.15) is 16.3 Å². The third-order valence-corrected chi connectivity index (χ3v) is 5.04. The van der Waals surface area contributed by atoms with E-state index in [1.807, 2.05) is 18.2 Å². The number of carbonyl (C=O) groups is 1. The molecule has 34 heavy (non-hydrogen) atoms. The molecule has 0 atom stereocenters. The summed E-state index contributed by atoms with van der Waals surface area (Å²) in [6.45, 7) is 1.12. The lowest BCUT2D eigenvalue weighted by Gasteiger charge is -2.13. The summed E-state index contributed by atoms with van der Waals surface area (Å²) < 4.78 is 16.4. The van der Waals surface area contributed by atoms with Gasteiger partial charge in [-0.3, -0.25) is 9.78 Å². The smallest absolute Gasteiger partial charge is 0.286 e. The van der Waals surface area contributed by atoms with Gasteiger partial charge in [-0.15, -0.1) is 0 Å². The van der Waals surface area contributed by atoms with E-state index in [1.165, 1.54) is 0 Å². The van der Waals surface area contributed by atoms with Gasteiger partial charge < -0.3 is 25.3 Å². The molecule has 2 aromatic heterocycles. The first-order chi connectivity index (χ1) is 16.5.